The zero-order chi connectivity index (χ0) is 39.8. The van der Waals surface area contributed by atoms with E-state index in [0.29, 0.717) is 24.8 Å². The number of likely N-dealkylation sites (tertiary alicyclic amines) is 1. The predicted octanol–water partition coefficient (Wildman–Crippen LogP) is -1.25. The maximum Gasteiger partial charge on any atom is 0.330 e. The standard InChI is InChI=1S/C36H53N11O7/c1-21(2)18-27(31(50)42-26(10-6-16-41-35(38)39)34(53)47-17-7-11-29(47)33(52)45-46-36(40)54)44-32(51)28(20-22-8-4-3-5-9-22)43-30(49)25(37)19-23-12-14-24(48)15-13-23/h3-5,8-9,12-15,21,25-29,48H,6-7,10-11,16-20,37H2,1-2H3,(H,42,50)(H,43,49)(H,44,51)(H,45,52)(H4,38,39,41)(H3,40,46,54)/t25-,26-,27-,28+,29-/m0/s1. The van der Waals surface area contributed by atoms with Gasteiger partial charge in [0.1, 0.15) is 29.9 Å². The largest absolute Gasteiger partial charge is 0.508 e. The van der Waals surface area contributed by atoms with Gasteiger partial charge in [-0.15, -0.1) is 0 Å². The van der Waals surface area contributed by atoms with Crippen molar-refractivity contribution in [3.8, 4) is 5.75 Å². The van der Waals surface area contributed by atoms with Gasteiger partial charge < -0.3 is 48.9 Å². The number of aliphatic imine (C=N–C) groups is 1. The maximum absolute atomic E-state index is 14.0. The lowest BCUT2D eigenvalue weighted by atomic mass is 9.99. The number of nitrogens with one attached hydrogen (secondary N) is 5. The van der Waals surface area contributed by atoms with E-state index in [1.807, 2.05) is 25.3 Å². The SMILES string of the molecule is CC(C)C[C@H](NC(=O)[C@@H](Cc1ccccc1)NC(=O)[C@@H](N)Cc1ccc(O)cc1)C(=O)N[C@@H](CCCN=C(N)N)C(=O)N1CCC[C@H]1C(=O)NNC(N)=O. The number of urea groups is 1. The predicted molar refractivity (Wildman–Crippen MR) is 201 cm³/mol. The first kappa shape index (κ1) is 42.5. The average molecular weight is 752 g/mol. The second-order valence-electron chi connectivity index (χ2n) is 13.6. The third-order valence-electron chi connectivity index (χ3n) is 8.69. The van der Waals surface area contributed by atoms with Gasteiger partial charge >= 0.3 is 6.03 Å². The molecule has 3 rings (SSSR count). The van der Waals surface area contributed by atoms with Crippen LogP contribution in [0.3, 0.4) is 0 Å². The van der Waals surface area contributed by atoms with E-state index in [1.54, 1.807) is 36.4 Å². The molecular weight excluding hydrogens is 698 g/mol. The maximum atomic E-state index is 14.0. The van der Waals surface area contributed by atoms with Crippen LogP contribution in [-0.2, 0) is 36.8 Å². The number of phenolic OH excluding ortho intramolecular Hbond substituents is 1. The minimum Gasteiger partial charge on any atom is -0.508 e. The summed E-state index contributed by atoms with van der Waals surface area (Å²) in [5.41, 5.74) is 27.9. The Morgan fingerprint density at radius 3 is 2.06 bits per heavy atom. The highest BCUT2D eigenvalue weighted by molar-refractivity contribution is 5.96. The number of amides is 7. The van der Waals surface area contributed by atoms with Crippen LogP contribution in [0.5, 0.6) is 5.75 Å². The summed E-state index contributed by atoms with van der Waals surface area (Å²) in [6.45, 7) is 4.11. The minimum absolute atomic E-state index is 0.0697. The molecular formula is C36H53N11O7. The number of hydrazine groups is 1. The van der Waals surface area contributed by atoms with E-state index in [-0.39, 0.29) is 56.4 Å². The molecule has 5 atom stereocenters. The van der Waals surface area contributed by atoms with Crippen molar-refractivity contribution in [1.29, 1.82) is 0 Å². The number of hydrogen-bond donors (Lipinski definition) is 10. The van der Waals surface area contributed by atoms with E-state index >= 15 is 0 Å². The Morgan fingerprint density at radius 1 is 0.815 bits per heavy atom. The molecule has 0 unspecified atom stereocenters. The first-order valence-corrected chi connectivity index (χ1v) is 17.8. The van der Waals surface area contributed by atoms with Gasteiger partial charge in [-0.1, -0.05) is 56.3 Å². The lowest BCUT2D eigenvalue weighted by Gasteiger charge is -2.30. The van der Waals surface area contributed by atoms with Crippen LogP contribution in [0.1, 0.15) is 57.1 Å². The fourth-order valence-corrected chi connectivity index (χ4v) is 6.03. The van der Waals surface area contributed by atoms with Crippen molar-refractivity contribution in [2.24, 2.45) is 33.8 Å². The topological polar surface area (TPSA) is 302 Å². The smallest absolute Gasteiger partial charge is 0.330 e. The lowest BCUT2D eigenvalue weighted by Crippen LogP contribution is -2.59. The first-order valence-electron chi connectivity index (χ1n) is 17.8. The summed E-state index contributed by atoms with van der Waals surface area (Å²) >= 11 is 0. The number of aromatic hydroxyl groups is 1. The van der Waals surface area contributed by atoms with Crippen LogP contribution < -0.4 is 49.7 Å². The number of nitrogens with zero attached hydrogens (tertiary/aromatic N) is 2. The quantitative estimate of drug-likeness (QED) is 0.0374. The van der Waals surface area contributed by atoms with Crippen LogP contribution in [-0.4, -0.2) is 94.8 Å². The number of primary amides is 1. The highest BCUT2D eigenvalue weighted by Gasteiger charge is 2.39. The van der Waals surface area contributed by atoms with E-state index < -0.39 is 65.8 Å². The normalized spacial score (nSPS) is 15.9. The number of carbonyl (C=O) groups excluding carboxylic acids is 6. The third-order valence-corrected chi connectivity index (χ3v) is 8.69. The molecule has 2 aromatic carbocycles. The number of guanidine groups is 1. The monoisotopic (exact) mass is 751 g/mol. The number of phenols is 1. The lowest BCUT2D eigenvalue weighted by molar-refractivity contribution is -0.142. The minimum atomic E-state index is -1.13. The average Bonchev–Trinajstić information content (AvgIpc) is 3.62. The Hall–Kier alpha value is -5.91. The van der Waals surface area contributed by atoms with E-state index in [9.17, 15) is 33.9 Å². The summed E-state index contributed by atoms with van der Waals surface area (Å²) in [6.07, 6.45) is 1.62. The van der Waals surface area contributed by atoms with Gasteiger partial charge in [0.2, 0.25) is 23.6 Å². The van der Waals surface area contributed by atoms with Gasteiger partial charge in [-0.05, 0) is 67.7 Å². The van der Waals surface area contributed by atoms with Crippen LogP contribution in [0, 0.1) is 5.92 Å². The summed E-state index contributed by atoms with van der Waals surface area (Å²) in [7, 11) is 0. The van der Waals surface area contributed by atoms with Crippen LogP contribution in [0.15, 0.2) is 59.6 Å². The van der Waals surface area contributed by atoms with Gasteiger partial charge in [-0.25, -0.2) is 10.2 Å². The molecule has 1 saturated heterocycles. The molecule has 7 amide bonds. The molecule has 0 aliphatic carbocycles. The summed E-state index contributed by atoms with van der Waals surface area (Å²) in [5, 5.41) is 17.9. The Kier molecular flexibility index (Phi) is 16.5. The van der Waals surface area contributed by atoms with E-state index in [4.69, 9.17) is 22.9 Å². The van der Waals surface area contributed by atoms with E-state index in [2.05, 4.69) is 26.4 Å². The second kappa shape index (κ2) is 21.0. The van der Waals surface area contributed by atoms with E-state index in [0.717, 1.165) is 5.56 Å². The van der Waals surface area contributed by atoms with Gasteiger partial charge in [-0.2, -0.15) is 0 Å². The molecule has 2 aromatic rings. The fraction of sp³-hybridized carbons (Fsp3) is 0.472. The fourth-order valence-electron chi connectivity index (χ4n) is 6.03. The highest BCUT2D eigenvalue weighted by Crippen LogP contribution is 2.20. The second-order valence-corrected chi connectivity index (χ2v) is 13.6. The summed E-state index contributed by atoms with van der Waals surface area (Å²) < 4.78 is 0. The molecule has 14 N–H and O–H groups in total. The van der Waals surface area contributed by atoms with Gasteiger partial charge in [0.05, 0.1) is 6.04 Å². The third kappa shape index (κ3) is 13.9. The molecule has 1 aliphatic heterocycles. The highest BCUT2D eigenvalue weighted by atomic mass is 16.3. The Bertz CT molecular complexity index is 1620. The van der Waals surface area contributed by atoms with Gasteiger partial charge in [-0.3, -0.25) is 34.4 Å². The van der Waals surface area contributed by atoms with Crippen molar-refractivity contribution in [2.45, 2.75) is 89.0 Å². The molecule has 1 heterocycles. The van der Waals surface area contributed by atoms with Crippen LogP contribution in [0.25, 0.3) is 0 Å². The van der Waals surface area contributed by atoms with Crippen molar-refractivity contribution in [2.75, 3.05) is 13.1 Å². The molecule has 1 aliphatic rings. The van der Waals surface area contributed by atoms with Crippen LogP contribution >= 0.6 is 0 Å². The van der Waals surface area contributed by atoms with Crippen molar-refractivity contribution in [3.05, 3.63) is 65.7 Å². The van der Waals surface area contributed by atoms with Crippen molar-refractivity contribution in [3.63, 3.8) is 0 Å². The summed E-state index contributed by atoms with van der Waals surface area (Å²) in [5.74, 6) is -3.23. The summed E-state index contributed by atoms with van der Waals surface area (Å²) in [6, 6.07) is 8.95. The van der Waals surface area contributed by atoms with Gasteiger partial charge in [0.25, 0.3) is 5.91 Å². The molecule has 0 saturated carbocycles. The molecule has 18 nitrogen and oxygen atoms in total. The van der Waals surface area contributed by atoms with Gasteiger partial charge in [0.15, 0.2) is 5.96 Å². The van der Waals surface area contributed by atoms with Crippen molar-refractivity contribution in [1.82, 2.24) is 31.7 Å². The Balaban J connectivity index is 1.82. The Morgan fingerprint density at radius 2 is 1.43 bits per heavy atom. The molecule has 0 bridgehead atoms. The van der Waals surface area contributed by atoms with E-state index in [1.165, 1.54) is 17.0 Å². The number of rotatable bonds is 18. The number of hydrogen-bond acceptors (Lipinski definition) is 9. The number of nitrogens with two attached hydrogens (primary N) is 4. The number of benzene rings is 2. The van der Waals surface area contributed by atoms with Crippen molar-refractivity contribution < 1.29 is 33.9 Å². The molecule has 0 radical (unpaired) electrons. The van der Waals surface area contributed by atoms with Crippen molar-refractivity contribution >= 4 is 41.5 Å². The first-order chi connectivity index (χ1) is 25.6. The molecule has 18 heteroatoms. The molecule has 294 valence electrons. The van der Waals surface area contributed by atoms with Crippen LogP contribution in [0.2, 0.25) is 0 Å². The molecule has 0 spiro atoms. The zero-order valence-corrected chi connectivity index (χ0v) is 30.6. The Labute approximate surface area is 314 Å². The number of carbonyl (C=O) groups is 6. The van der Waals surface area contributed by atoms with Crippen LogP contribution in [0.4, 0.5) is 4.79 Å². The molecule has 0 aromatic heterocycles. The summed E-state index contributed by atoms with van der Waals surface area (Å²) in [4.78, 5) is 84.4. The molecule has 54 heavy (non-hydrogen) atoms. The molecule has 1 fully saturated rings. The van der Waals surface area contributed by atoms with Gasteiger partial charge in [0, 0.05) is 19.5 Å². The zero-order valence-electron chi connectivity index (χ0n) is 30.6.